The molecule has 0 saturated heterocycles. The van der Waals surface area contributed by atoms with E-state index in [9.17, 15) is 4.79 Å². The summed E-state index contributed by atoms with van der Waals surface area (Å²) in [5.41, 5.74) is 1.12. The van der Waals surface area contributed by atoms with Crippen molar-refractivity contribution in [3.05, 3.63) is 48.0 Å². The lowest BCUT2D eigenvalue weighted by molar-refractivity contribution is 0.195. The fraction of sp³-hybridized carbons (Fsp3) is 0.312. The van der Waals surface area contributed by atoms with E-state index in [2.05, 4.69) is 28.8 Å². The summed E-state index contributed by atoms with van der Waals surface area (Å²) in [4.78, 5) is 11.8. The molecule has 0 aromatic heterocycles. The number of ether oxygens (including phenoxy) is 1. The highest BCUT2D eigenvalue weighted by molar-refractivity contribution is 5.86. The van der Waals surface area contributed by atoms with Gasteiger partial charge < -0.3 is 15.4 Å². The third-order valence-corrected chi connectivity index (χ3v) is 3.23. The van der Waals surface area contributed by atoms with Gasteiger partial charge >= 0.3 is 6.03 Å². The molecular weight excluding hydrogens is 252 g/mol. The molecule has 0 aliphatic heterocycles. The predicted octanol–water partition coefficient (Wildman–Crippen LogP) is 2.85. The maximum atomic E-state index is 11.8. The minimum Gasteiger partial charge on any atom is -0.383 e. The molecule has 0 bridgehead atoms. The second-order valence-electron chi connectivity index (χ2n) is 4.68. The number of carbonyl (C=O) groups excluding carboxylic acids is 1. The van der Waals surface area contributed by atoms with Gasteiger partial charge in [-0.1, -0.05) is 42.5 Å². The number of methoxy groups -OCH3 is 1. The van der Waals surface area contributed by atoms with E-state index in [1.807, 2.05) is 31.2 Å². The zero-order chi connectivity index (χ0) is 14.4. The lowest BCUT2D eigenvalue weighted by Crippen LogP contribution is -2.38. The second kappa shape index (κ2) is 6.91. The number of amides is 2. The van der Waals surface area contributed by atoms with Crippen LogP contribution in [-0.2, 0) is 4.74 Å². The second-order valence-corrected chi connectivity index (χ2v) is 4.68. The van der Waals surface area contributed by atoms with Crippen LogP contribution in [0.2, 0.25) is 0 Å². The van der Waals surface area contributed by atoms with Crippen LogP contribution < -0.4 is 10.6 Å². The SMILES string of the molecule is COCCNC(=O)NC(C)c1cccc2ccccc12. The minimum atomic E-state index is -0.178. The Morgan fingerprint density at radius 3 is 2.75 bits per heavy atom. The first-order valence-corrected chi connectivity index (χ1v) is 6.73. The van der Waals surface area contributed by atoms with Crippen LogP contribution in [0, 0.1) is 0 Å². The molecule has 2 amide bonds. The molecule has 1 atom stereocenters. The van der Waals surface area contributed by atoms with Crippen LogP contribution in [0.5, 0.6) is 0 Å². The first-order chi connectivity index (χ1) is 9.72. The molecule has 0 spiro atoms. The van der Waals surface area contributed by atoms with Crippen molar-refractivity contribution in [1.82, 2.24) is 10.6 Å². The minimum absolute atomic E-state index is 0.0522. The van der Waals surface area contributed by atoms with Crippen molar-refractivity contribution < 1.29 is 9.53 Å². The Morgan fingerprint density at radius 2 is 1.95 bits per heavy atom. The van der Waals surface area contributed by atoms with Crippen molar-refractivity contribution in [2.45, 2.75) is 13.0 Å². The van der Waals surface area contributed by atoms with Gasteiger partial charge in [-0.2, -0.15) is 0 Å². The molecule has 0 saturated carbocycles. The van der Waals surface area contributed by atoms with Crippen LogP contribution in [0.4, 0.5) is 4.79 Å². The zero-order valence-corrected chi connectivity index (χ0v) is 11.8. The summed E-state index contributed by atoms with van der Waals surface area (Å²) in [5, 5.41) is 8.04. The summed E-state index contributed by atoms with van der Waals surface area (Å²) in [7, 11) is 1.61. The van der Waals surface area contributed by atoms with E-state index in [1.54, 1.807) is 7.11 Å². The number of benzene rings is 2. The highest BCUT2D eigenvalue weighted by Gasteiger charge is 2.11. The molecule has 0 aliphatic carbocycles. The maximum Gasteiger partial charge on any atom is 0.315 e. The fourth-order valence-corrected chi connectivity index (χ4v) is 2.22. The van der Waals surface area contributed by atoms with Gasteiger partial charge in [0, 0.05) is 13.7 Å². The van der Waals surface area contributed by atoms with Gasteiger partial charge in [0.2, 0.25) is 0 Å². The Balaban J connectivity index is 2.07. The lowest BCUT2D eigenvalue weighted by atomic mass is 10.00. The van der Waals surface area contributed by atoms with E-state index in [-0.39, 0.29) is 12.1 Å². The van der Waals surface area contributed by atoms with E-state index < -0.39 is 0 Å². The van der Waals surface area contributed by atoms with E-state index >= 15 is 0 Å². The van der Waals surface area contributed by atoms with Crippen LogP contribution in [-0.4, -0.2) is 26.3 Å². The molecule has 0 aliphatic rings. The normalized spacial score (nSPS) is 12.1. The van der Waals surface area contributed by atoms with Crippen LogP contribution in [0.15, 0.2) is 42.5 Å². The first kappa shape index (κ1) is 14.3. The quantitative estimate of drug-likeness (QED) is 0.822. The van der Waals surface area contributed by atoms with Crippen molar-refractivity contribution in [2.24, 2.45) is 0 Å². The van der Waals surface area contributed by atoms with Crippen LogP contribution in [0.25, 0.3) is 10.8 Å². The van der Waals surface area contributed by atoms with E-state index in [0.717, 1.165) is 5.56 Å². The zero-order valence-electron chi connectivity index (χ0n) is 11.8. The predicted molar refractivity (Wildman–Crippen MR) is 80.8 cm³/mol. The van der Waals surface area contributed by atoms with Gasteiger partial charge in [0.05, 0.1) is 12.6 Å². The number of hydrogen-bond acceptors (Lipinski definition) is 2. The Bertz CT molecular complexity index is 578. The van der Waals surface area contributed by atoms with Crippen LogP contribution >= 0.6 is 0 Å². The monoisotopic (exact) mass is 272 g/mol. The smallest absolute Gasteiger partial charge is 0.315 e. The van der Waals surface area contributed by atoms with E-state index in [1.165, 1.54) is 10.8 Å². The van der Waals surface area contributed by atoms with Crippen LogP contribution in [0.3, 0.4) is 0 Å². The molecule has 2 aromatic carbocycles. The van der Waals surface area contributed by atoms with Gasteiger partial charge in [0.25, 0.3) is 0 Å². The molecule has 1 unspecified atom stereocenters. The molecule has 106 valence electrons. The summed E-state index contributed by atoms with van der Waals surface area (Å²) >= 11 is 0. The molecule has 4 heteroatoms. The third kappa shape index (κ3) is 3.48. The van der Waals surface area contributed by atoms with Gasteiger partial charge in [-0.25, -0.2) is 4.79 Å². The Kier molecular flexibility index (Phi) is 4.96. The van der Waals surface area contributed by atoms with Gasteiger partial charge in [0.15, 0.2) is 0 Å². The highest BCUT2D eigenvalue weighted by Crippen LogP contribution is 2.23. The molecule has 4 nitrogen and oxygen atoms in total. The molecule has 0 heterocycles. The van der Waals surface area contributed by atoms with Gasteiger partial charge in [-0.15, -0.1) is 0 Å². The molecular formula is C16H20N2O2. The molecule has 20 heavy (non-hydrogen) atoms. The fourth-order valence-electron chi connectivity index (χ4n) is 2.22. The maximum absolute atomic E-state index is 11.8. The topological polar surface area (TPSA) is 50.4 Å². The van der Waals surface area contributed by atoms with Crippen molar-refractivity contribution >= 4 is 16.8 Å². The third-order valence-electron chi connectivity index (χ3n) is 3.23. The summed E-state index contributed by atoms with van der Waals surface area (Å²) in [6, 6.07) is 14.1. The first-order valence-electron chi connectivity index (χ1n) is 6.73. The average molecular weight is 272 g/mol. The van der Waals surface area contributed by atoms with Crippen molar-refractivity contribution in [3.8, 4) is 0 Å². The number of carbonyl (C=O) groups is 1. The Hall–Kier alpha value is -2.07. The molecule has 2 rings (SSSR count). The lowest BCUT2D eigenvalue weighted by Gasteiger charge is -2.17. The Morgan fingerprint density at radius 1 is 1.20 bits per heavy atom. The largest absolute Gasteiger partial charge is 0.383 e. The average Bonchev–Trinajstić information content (AvgIpc) is 2.47. The van der Waals surface area contributed by atoms with E-state index in [4.69, 9.17) is 4.74 Å². The number of hydrogen-bond donors (Lipinski definition) is 2. The molecule has 0 radical (unpaired) electrons. The summed E-state index contributed by atoms with van der Waals surface area (Å²) < 4.78 is 4.90. The number of urea groups is 1. The van der Waals surface area contributed by atoms with E-state index in [0.29, 0.717) is 13.2 Å². The summed E-state index contributed by atoms with van der Waals surface area (Å²) in [6.45, 7) is 3.00. The number of fused-ring (bicyclic) bond motifs is 1. The molecule has 0 fully saturated rings. The van der Waals surface area contributed by atoms with Gasteiger partial charge in [-0.05, 0) is 23.3 Å². The summed E-state index contributed by atoms with van der Waals surface area (Å²) in [5.74, 6) is 0. The van der Waals surface area contributed by atoms with Gasteiger partial charge in [-0.3, -0.25) is 0 Å². The number of nitrogens with one attached hydrogen (secondary N) is 2. The van der Waals surface area contributed by atoms with Gasteiger partial charge in [0.1, 0.15) is 0 Å². The standard InChI is InChI=1S/C16H20N2O2/c1-12(18-16(19)17-10-11-20-2)14-9-5-7-13-6-3-4-8-15(13)14/h3-9,12H,10-11H2,1-2H3,(H2,17,18,19). The van der Waals surface area contributed by atoms with Crippen molar-refractivity contribution in [3.63, 3.8) is 0 Å². The highest BCUT2D eigenvalue weighted by atomic mass is 16.5. The summed E-state index contributed by atoms with van der Waals surface area (Å²) in [6.07, 6.45) is 0. The molecule has 2 N–H and O–H groups in total. The van der Waals surface area contributed by atoms with Crippen molar-refractivity contribution in [2.75, 3.05) is 20.3 Å². The van der Waals surface area contributed by atoms with Crippen LogP contribution in [0.1, 0.15) is 18.5 Å². The molecule has 2 aromatic rings. The Labute approximate surface area is 119 Å². The number of rotatable bonds is 5. The van der Waals surface area contributed by atoms with Crippen molar-refractivity contribution in [1.29, 1.82) is 0 Å².